The predicted octanol–water partition coefficient (Wildman–Crippen LogP) is 21.1. The van der Waals surface area contributed by atoms with E-state index in [2.05, 4.69) is 129 Å². The standard InChI is InChI=1S/C92H161NO13/c1-3-5-7-9-11-13-15-17-19-21-23-25-27-29-31-33-35-37-38-39-40-41-42-44-46-48-50-52-54-56-58-60-62-64-66-68-70-72-74-76-84(97)93-80(79-103-91-89(102)87(100)90(83(78-95)105-91)106-92-88(101)86(99)85(98)82(77-94)104-92)81(96)75-73-71-69-67-65-63-61-59-57-55-53-51-49-47-45-43-36-34-32-30-28-26-24-22-20-18-16-14-12-10-8-6-4-2/h5,7,11,13,17,19,23,25,29,31,35,37,39-40,57,59,65,67,73,75,80-83,85-92,94-96,98-102H,3-4,6,8-10,12,14-16,18,20-22,24,26-28,30,32-34,36,38,41-56,58,60-64,66,68-72,74,76-79H2,1-2H3,(H,93,97)/b7-5-,13-11-,19-17-,25-23-,31-29-,37-35-,40-39-,59-57+,67-65+,75-73+. The SMILES string of the molecule is CC/C=C\C/C=C\C/C=C\C/C=C\C/C=C\C/C=C\C/C=C\CCCCCCCCCCCCCCCCCCCC(=O)NC(COC1OC(CO)C(OC2OC(CO)C(O)C(O)C2O)C(O)C1O)C(O)/C=C/CC/C=C/CC/C=C/CCCCCCCCCCCCCCCCCCCCCCCCC. The predicted molar refractivity (Wildman–Crippen MR) is 442 cm³/mol. The number of ether oxygens (including phenoxy) is 4. The van der Waals surface area contributed by atoms with E-state index in [9.17, 15) is 45.6 Å². The summed E-state index contributed by atoms with van der Waals surface area (Å²) in [6.07, 6.45) is 93.0. The third-order valence-electron chi connectivity index (χ3n) is 20.6. The van der Waals surface area contributed by atoms with Gasteiger partial charge in [0.25, 0.3) is 0 Å². The van der Waals surface area contributed by atoms with Crippen LogP contribution in [0.4, 0.5) is 0 Å². The topological polar surface area (TPSA) is 228 Å². The second kappa shape index (κ2) is 74.2. The van der Waals surface area contributed by atoms with Gasteiger partial charge < -0.3 is 65.1 Å². The smallest absolute Gasteiger partial charge is 0.220 e. The average Bonchev–Trinajstić information content (AvgIpc) is 0.789. The highest BCUT2D eigenvalue weighted by Gasteiger charge is 2.51. The van der Waals surface area contributed by atoms with Crippen LogP contribution in [-0.2, 0) is 23.7 Å². The lowest BCUT2D eigenvalue weighted by molar-refractivity contribution is -0.359. The molecule has 12 unspecified atom stereocenters. The second-order valence-corrected chi connectivity index (χ2v) is 30.3. The van der Waals surface area contributed by atoms with Gasteiger partial charge in [-0.05, 0) is 103 Å². The van der Waals surface area contributed by atoms with E-state index in [-0.39, 0.29) is 18.9 Å². The quantitative estimate of drug-likeness (QED) is 0.0204. The number of unbranched alkanes of at least 4 members (excludes halogenated alkanes) is 42. The molecule has 106 heavy (non-hydrogen) atoms. The molecule has 9 N–H and O–H groups in total. The molecule has 0 aliphatic carbocycles. The van der Waals surface area contributed by atoms with Crippen molar-refractivity contribution in [2.45, 2.75) is 434 Å². The summed E-state index contributed by atoms with van der Waals surface area (Å²) in [6.45, 7) is 2.70. The first-order valence-corrected chi connectivity index (χ1v) is 43.8. The zero-order valence-corrected chi connectivity index (χ0v) is 67.4. The Balaban J connectivity index is 1.60. The molecule has 2 aliphatic heterocycles. The minimum Gasteiger partial charge on any atom is -0.394 e. The highest BCUT2D eigenvalue weighted by atomic mass is 16.7. The van der Waals surface area contributed by atoms with Crippen LogP contribution in [-0.4, -0.2) is 140 Å². The molecule has 2 saturated heterocycles. The maximum atomic E-state index is 13.4. The van der Waals surface area contributed by atoms with Crippen LogP contribution in [0.1, 0.15) is 361 Å². The molecule has 0 spiro atoms. The number of aliphatic hydroxyl groups excluding tert-OH is 8. The lowest BCUT2D eigenvalue weighted by atomic mass is 9.97. The lowest BCUT2D eigenvalue weighted by Gasteiger charge is -2.46. The molecule has 14 nitrogen and oxygen atoms in total. The molecule has 1 amide bonds. The van der Waals surface area contributed by atoms with E-state index in [1.165, 1.54) is 238 Å². The van der Waals surface area contributed by atoms with Crippen LogP contribution >= 0.6 is 0 Å². The van der Waals surface area contributed by atoms with Crippen molar-refractivity contribution >= 4 is 5.91 Å². The maximum Gasteiger partial charge on any atom is 0.220 e. The van der Waals surface area contributed by atoms with Crippen LogP contribution in [0.3, 0.4) is 0 Å². The van der Waals surface area contributed by atoms with Gasteiger partial charge >= 0.3 is 0 Å². The highest BCUT2D eigenvalue weighted by Crippen LogP contribution is 2.30. The number of rotatable bonds is 73. The van der Waals surface area contributed by atoms with Crippen LogP contribution in [0.25, 0.3) is 0 Å². The first-order valence-electron chi connectivity index (χ1n) is 43.8. The fraction of sp³-hybridized carbons (Fsp3) is 0.772. The van der Waals surface area contributed by atoms with Gasteiger partial charge in [0.15, 0.2) is 12.6 Å². The van der Waals surface area contributed by atoms with E-state index < -0.39 is 86.8 Å². The van der Waals surface area contributed by atoms with Crippen molar-refractivity contribution in [1.29, 1.82) is 0 Å². The third-order valence-corrected chi connectivity index (χ3v) is 20.6. The number of hydrogen-bond acceptors (Lipinski definition) is 13. The van der Waals surface area contributed by atoms with E-state index in [1.54, 1.807) is 6.08 Å². The summed E-state index contributed by atoms with van der Waals surface area (Å²) in [4.78, 5) is 13.4. The van der Waals surface area contributed by atoms with E-state index >= 15 is 0 Å². The number of hydrogen-bond donors (Lipinski definition) is 9. The molecular weight excluding hydrogens is 1330 g/mol. The minimum atomic E-state index is -1.80. The summed E-state index contributed by atoms with van der Waals surface area (Å²) >= 11 is 0. The summed E-state index contributed by atoms with van der Waals surface area (Å²) < 4.78 is 22.9. The number of amides is 1. The molecular formula is C92H161NO13. The third kappa shape index (κ3) is 55.7. The molecule has 0 aromatic heterocycles. The second-order valence-electron chi connectivity index (χ2n) is 30.3. The van der Waals surface area contributed by atoms with Gasteiger partial charge in [0, 0.05) is 6.42 Å². The van der Waals surface area contributed by atoms with E-state index in [1.807, 2.05) is 6.08 Å². The molecule has 2 rings (SSSR count). The van der Waals surface area contributed by atoms with Gasteiger partial charge in [0.1, 0.15) is 48.8 Å². The summed E-state index contributed by atoms with van der Waals surface area (Å²) in [6, 6.07) is -0.947. The molecule has 0 saturated carbocycles. The number of carbonyl (C=O) groups excluding carboxylic acids is 1. The summed E-state index contributed by atoms with van der Waals surface area (Å²) in [5.41, 5.74) is 0. The number of carbonyl (C=O) groups is 1. The maximum absolute atomic E-state index is 13.4. The number of allylic oxidation sites excluding steroid dienone is 19. The Morgan fingerprint density at radius 2 is 0.660 bits per heavy atom. The van der Waals surface area contributed by atoms with Crippen molar-refractivity contribution in [3.8, 4) is 0 Å². The molecule has 0 radical (unpaired) electrons. The molecule has 0 bridgehead atoms. The van der Waals surface area contributed by atoms with Gasteiger partial charge in [-0.2, -0.15) is 0 Å². The largest absolute Gasteiger partial charge is 0.394 e. The molecule has 612 valence electrons. The zero-order chi connectivity index (χ0) is 76.5. The van der Waals surface area contributed by atoms with Crippen LogP contribution < -0.4 is 5.32 Å². The molecule has 0 aromatic carbocycles. The first kappa shape index (κ1) is 98.5. The molecule has 12 atom stereocenters. The Kier molecular flexibility index (Phi) is 68.9. The molecule has 0 aromatic rings. The summed E-state index contributed by atoms with van der Waals surface area (Å²) in [5.74, 6) is -0.252. The Hall–Kier alpha value is -3.61. The van der Waals surface area contributed by atoms with Gasteiger partial charge in [-0.1, -0.05) is 373 Å². The van der Waals surface area contributed by atoms with Crippen molar-refractivity contribution in [3.63, 3.8) is 0 Å². The molecule has 14 heteroatoms. The Morgan fingerprint density at radius 3 is 1.04 bits per heavy atom. The average molecular weight is 1490 g/mol. The van der Waals surface area contributed by atoms with Crippen LogP contribution in [0, 0.1) is 0 Å². The molecule has 2 fully saturated rings. The van der Waals surface area contributed by atoms with Crippen LogP contribution in [0.5, 0.6) is 0 Å². The van der Waals surface area contributed by atoms with Gasteiger partial charge in [-0.3, -0.25) is 4.79 Å². The van der Waals surface area contributed by atoms with Crippen molar-refractivity contribution in [2.75, 3.05) is 19.8 Å². The van der Waals surface area contributed by atoms with Crippen molar-refractivity contribution in [2.24, 2.45) is 0 Å². The normalized spacial score (nSPS) is 21.9. The van der Waals surface area contributed by atoms with Gasteiger partial charge in [-0.15, -0.1) is 0 Å². The lowest BCUT2D eigenvalue weighted by Crippen LogP contribution is -2.65. The van der Waals surface area contributed by atoms with Crippen molar-refractivity contribution in [3.05, 3.63) is 122 Å². The number of nitrogens with one attached hydrogen (secondary N) is 1. The monoisotopic (exact) mass is 1490 g/mol. The fourth-order valence-corrected chi connectivity index (χ4v) is 13.8. The van der Waals surface area contributed by atoms with Crippen molar-refractivity contribution < 1.29 is 64.6 Å². The zero-order valence-electron chi connectivity index (χ0n) is 67.4. The van der Waals surface area contributed by atoms with Gasteiger partial charge in [0.05, 0.1) is 32.0 Å². The van der Waals surface area contributed by atoms with Crippen LogP contribution in [0.2, 0.25) is 0 Å². The van der Waals surface area contributed by atoms with Gasteiger partial charge in [0.2, 0.25) is 5.91 Å². The van der Waals surface area contributed by atoms with Crippen LogP contribution in [0.15, 0.2) is 122 Å². The van der Waals surface area contributed by atoms with E-state index in [4.69, 9.17) is 18.9 Å². The van der Waals surface area contributed by atoms with Gasteiger partial charge in [-0.25, -0.2) is 0 Å². The Morgan fingerprint density at radius 1 is 0.349 bits per heavy atom. The Bertz CT molecular complexity index is 2260. The Labute approximate surface area is 648 Å². The number of aliphatic hydroxyl groups is 8. The minimum absolute atomic E-state index is 0.252. The van der Waals surface area contributed by atoms with E-state index in [0.717, 1.165) is 89.9 Å². The summed E-state index contributed by atoms with van der Waals surface area (Å²) in [5, 5.41) is 87.8. The fourth-order valence-electron chi connectivity index (χ4n) is 13.8. The molecule has 2 aliphatic rings. The van der Waals surface area contributed by atoms with Crippen molar-refractivity contribution in [1.82, 2.24) is 5.32 Å². The highest BCUT2D eigenvalue weighted by molar-refractivity contribution is 5.76. The summed E-state index contributed by atoms with van der Waals surface area (Å²) in [7, 11) is 0. The first-order chi connectivity index (χ1) is 52.1. The molecule has 2 heterocycles. The van der Waals surface area contributed by atoms with E-state index in [0.29, 0.717) is 12.8 Å².